The molecule has 0 atom stereocenters. The van der Waals surface area contributed by atoms with Gasteiger partial charge in [-0.25, -0.2) is 0 Å². The van der Waals surface area contributed by atoms with E-state index in [0.29, 0.717) is 0 Å². The molecular weight excluding hydrogens is 1390 g/mol. The van der Waals surface area contributed by atoms with Crippen LogP contribution in [0.5, 0.6) is 0 Å². The molecule has 22 aromatic rings. The van der Waals surface area contributed by atoms with Crippen molar-refractivity contribution in [3.63, 3.8) is 0 Å². The maximum Gasteiger partial charge on any atom is 0.0713 e. The van der Waals surface area contributed by atoms with Crippen molar-refractivity contribution < 1.29 is 0 Å². The first-order valence-electron chi connectivity index (χ1n) is 40.9. The van der Waals surface area contributed by atoms with Crippen LogP contribution in [0.2, 0.25) is 0 Å². The van der Waals surface area contributed by atoms with Crippen molar-refractivity contribution in [3.8, 4) is 22.3 Å². The fourth-order valence-corrected chi connectivity index (χ4v) is 19.3. The molecule has 24 rings (SSSR count). The van der Waals surface area contributed by atoms with Crippen LogP contribution >= 0.6 is 0 Å². The van der Waals surface area contributed by atoms with Gasteiger partial charge in [0.1, 0.15) is 0 Å². The Kier molecular flexibility index (Phi) is 18.7. The van der Waals surface area contributed by atoms with E-state index in [1.54, 1.807) is 0 Å². The molecule has 0 radical (unpaired) electrons. The number of rotatable bonds is 2. The van der Waals surface area contributed by atoms with Crippen molar-refractivity contribution >= 4 is 129 Å². The average molecular weight is 1480 g/mol. The Morgan fingerprint density at radius 3 is 1.23 bits per heavy atom. The van der Waals surface area contributed by atoms with E-state index >= 15 is 0 Å². The Balaban J connectivity index is 0.0000000935. The highest BCUT2D eigenvalue weighted by molar-refractivity contribution is 6.24. The lowest BCUT2D eigenvalue weighted by atomic mass is 9.67. The standard InChI is InChI=1S/C26H20.3C19H14.C17H12.C16H16/c1-19-16-17-23-22-14-8-9-15-24(22)26(25(23)18-19,20-10-4-2-5-11-20)21-12-6-3-7-13-21;1-13-16-8-4-3-7-15(16)12-19-17(13)11-10-14-6-2-5-9-18(14)19;1-13-12-19-16-8-3-2-6-14(16)10-11-18(19)17-9-5-4-7-15(13)17;1-13-5-4-8-18-17(13)10-9-16-11-14-6-2-3-7-15(14)12-19(16)18;1-11-10-14-6-2-4-12-8-9-13-5-3-7-15(11)17(13)16(12)14;1-11-8-9-13-12-6-4-5-7-14(12)16(2,3)15(13)10-11/h2-18H,1H3;3*2-12H,1H3;2-10H,1H3;4-10H,1-3H3. The highest BCUT2D eigenvalue weighted by atomic mass is 14.5. The Labute approximate surface area is 680 Å². The van der Waals surface area contributed by atoms with E-state index in [4.69, 9.17) is 0 Å². The minimum Gasteiger partial charge on any atom is -0.0622 e. The minimum atomic E-state index is -0.263. The number of benzene rings is 22. The molecule has 0 bridgehead atoms. The second-order valence-corrected chi connectivity index (χ2v) is 32.4. The molecule has 0 aromatic heterocycles. The molecule has 0 fully saturated rings. The van der Waals surface area contributed by atoms with E-state index in [1.807, 2.05) is 0 Å². The molecule has 2 aliphatic rings. The summed E-state index contributed by atoms with van der Waals surface area (Å²) in [7, 11) is 0. The van der Waals surface area contributed by atoms with Crippen molar-refractivity contribution in [2.45, 2.75) is 66.2 Å². The molecule has 0 amide bonds. The zero-order valence-electron chi connectivity index (χ0n) is 67.1. The van der Waals surface area contributed by atoms with Crippen LogP contribution in [0.4, 0.5) is 0 Å². The lowest BCUT2D eigenvalue weighted by Crippen LogP contribution is -2.28. The van der Waals surface area contributed by atoms with Crippen molar-refractivity contribution in [1.29, 1.82) is 0 Å². The van der Waals surface area contributed by atoms with Gasteiger partial charge in [-0.05, 0) is 267 Å². The van der Waals surface area contributed by atoms with E-state index in [1.165, 1.54) is 218 Å². The molecule has 0 heterocycles. The molecule has 0 nitrogen and oxygen atoms in total. The van der Waals surface area contributed by atoms with E-state index < -0.39 is 0 Å². The van der Waals surface area contributed by atoms with Crippen LogP contribution in [0.15, 0.2) is 400 Å². The van der Waals surface area contributed by atoms with Gasteiger partial charge in [0.25, 0.3) is 0 Å². The third kappa shape index (κ3) is 12.7. The molecule has 116 heavy (non-hydrogen) atoms. The SMILES string of the molecule is Cc1c2ccccc2cc2c1ccc1ccccc12.Cc1cc2c3ccccc3ccc2c2ccccc12.Cc1cc2cccc3ccc4cccc1c4c32.Cc1ccc2c(c1)C(C)(C)c1ccccc1-2.Cc1ccc2c(c1)C(c1ccccc1)(c1ccccc1)c1ccccc1-2.Cc1cccc2c1ccc1cc3ccccc3cc12. The number of hydrogen-bond acceptors (Lipinski definition) is 0. The molecule has 0 unspecified atom stereocenters. The summed E-state index contributed by atoms with van der Waals surface area (Å²) in [6, 6.07) is 145. The van der Waals surface area contributed by atoms with E-state index in [0.717, 1.165) is 0 Å². The van der Waals surface area contributed by atoms with Crippen molar-refractivity contribution in [3.05, 3.63) is 467 Å². The van der Waals surface area contributed by atoms with Crippen LogP contribution in [0.25, 0.3) is 152 Å². The smallest absolute Gasteiger partial charge is 0.0622 e. The lowest BCUT2D eigenvalue weighted by molar-refractivity contribution is 0.660. The van der Waals surface area contributed by atoms with E-state index in [-0.39, 0.29) is 10.8 Å². The Hall–Kier alpha value is -13.8. The Morgan fingerprint density at radius 2 is 0.560 bits per heavy atom. The fourth-order valence-electron chi connectivity index (χ4n) is 19.3. The first-order valence-corrected chi connectivity index (χ1v) is 40.9. The number of fused-ring (bicyclic) bond motifs is 19. The quantitative estimate of drug-likeness (QED) is 0.120. The fraction of sp³-hybridized carbons (Fsp3) is 0.0862. The normalized spacial score (nSPS) is 12.6. The van der Waals surface area contributed by atoms with Crippen molar-refractivity contribution in [1.82, 2.24) is 0 Å². The topological polar surface area (TPSA) is 0 Å². The number of aryl methyl sites for hydroxylation is 6. The summed E-state index contributed by atoms with van der Waals surface area (Å²) in [4.78, 5) is 0. The van der Waals surface area contributed by atoms with Gasteiger partial charge in [-0.15, -0.1) is 0 Å². The highest BCUT2D eigenvalue weighted by Crippen LogP contribution is 2.56. The van der Waals surface area contributed by atoms with Gasteiger partial charge in [-0.3, -0.25) is 0 Å². The van der Waals surface area contributed by atoms with Crippen LogP contribution in [0, 0.1) is 41.5 Å². The summed E-state index contributed by atoms with van der Waals surface area (Å²) in [6.07, 6.45) is 0. The lowest BCUT2D eigenvalue weighted by Gasteiger charge is -2.34. The van der Waals surface area contributed by atoms with Crippen molar-refractivity contribution in [2.24, 2.45) is 0 Å². The second-order valence-electron chi connectivity index (χ2n) is 32.4. The first-order chi connectivity index (χ1) is 56.8. The summed E-state index contributed by atoms with van der Waals surface area (Å²) in [5.41, 5.74) is 21.8. The molecule has 0 saturated carbocycles. The molecule has 554 valence electrons. The van der Waals surface area contributed by atoms with Gasteiger partial charge >= 0.3 is 0 Å². The van der Waals surface area contributed by atoms with Gasteiger partial charge in [0.2, 0.25) is 0 Å². The van der Waals surface area contributed by atoms with Crippen LogP contribution in [0.1, 0.15) is 80.6 Å². The highest BCUT2D eigenvalue weighted by Gasteiger charge is 2.46. The van der Waals surface area contributed by atoms with Crippen LogP contribution in [0.3, 0.4) is 0 Å². The molecule has 0 saturated heterocycles. The predicted octanol–water partition coefficient (Wildman–Crippen LogP) is 31.9. The number of hydrogen-bond donors (Lipinski definition) is 0. The Morgan fingerprint density at radius 1 is 0.172 bits per heavy atom. The second kappa shape index (κ2) is 30.0. The van der Waals surface area contributed by atoms with Gasteiger partial charge in [0.15, 0.2) is 0 Å². The first kappa shape index (κ1) is 72.5. The average Bonchev–Trinajstić information content (AvgIpc) is 1.53. The Bertz CT molecular complexity index is 7440. The molecule has 2 aliphatic carbocycles. The maximum absolute atomic E-state index is 2.37. The van der Waals surface area contributed by atoms with Gasteiger partial charge in [-0.2, -0.15) is 0 Å². The van der Waals surface area contributed by atoms with E-state index in [9.17, 15) is 0 Å². The van der Waals surface area contributed by atoms with Crippen molar-refractivity contribution in [2.75, 3.05) is 0 Å². The third-order valence-corrected chi connectivity index (χ3v) is 25.0. The molecule has 0 aliphatic heterocycles. The van der Waals surface area contributed by atoms with Gasteiger partial charge in [-0.1, -0.05) is 407 Å². The summed E-state index contributed by atoms with van der Waals surface area (Å²) in [6.45, 7) is 17.8. The third-order valence-electron chi connectivity index (χ3n) is 25.0. The summed E-state index contributed by atoms with van der Waals surface area (Å²) in [5.74, 6) is 0. The van der Waals surface area contributed by atoms with Gasteiger partial charge in [0, 0.05) is 5.41 Å². The largest absolute Gasteiger partial charge is 0.0713 e. The van der Waals surface area contributed by atoms with Crippen LogP contribution in [-0.4, -0.2) is 0 Å². The molecular formula is C116H90. The molecule has 22 aromatic carbocycles. The van der Waals surface area contributed by atoms with Crippen LogP contribution in [-0.2, 0) is 10.8 Å². The van der Waals surface area contributed by atoms with Crippen LogP contribution < -0.4 is 0 Å². The summed E-state index contributed by atoms with van der Waals surface area (Å²) >= 11 is 0. The summed E-state index contributed by atoms with van der Waals surface area (Å²) < 4.78 is 0. The molecule has 0 spiro atoms. The molecule has 0 heteroatoms. The zero-order valence-corrected chi connectivity index (χ0v) is 67.1. The predicted molar refractivity (Wildman–Crippen MR) is 503 cm³/mol. The monoisotopic (exact) mass is 1480 g/mol. The molecule has 0 N–H and O–H groups in total. The van der Waals surface area contributed by atoms with Gasteiger partial charge < -0.3 is 0 Å². The maximum atomic E-state index is 2.37. The minimum absolute atomic E-state index is 0.151. The summed E-state index contributed by atoms with van der Waals surface area (Å²) in [5, 5.41) is 32.3. The van der Waals surface area contributed by atoms with E-state index in [2.05, 4.69) is 456 Å². The zero-order chi connectivity index (χ0) is 78.8. The van der Waals surface area contributed by atoms with Gasteiger partial charge in [0.05, 0.1) is 5.41 Å².